The van der Waals surface area contributed by atoms with Crippen molar-refractivity contribution in [3.63, 3.8) is 0 Å². The monoisotopic (exact) mass is 245 g/mol. The lowest BCUT2D eigenvalue weighted by Gasteiger charge is -2.14. The van der Waals surface area contributed by atoms with E-state index in [2.05, 4.69) is 12.2 Å². The number of fused-ring (bicyclic) bond motifs is 1. The normalized spacial score (nSPS) is 19.2. The van der Waals surface area contributed by atoms with Crippen molar-refractivity contribution >= 4 is 5.82 Å². The lowest BCUT2D eigenvalue weighted by Crippen LogP contribution is -2.11. The summed E-state index contributed by atoms with van der Waals surface area (Å²) >= 11 is 0. The minimum atomic E-state index is 0.864. The molecule has 1 fully saturated rings. The van der Waals surface area contributed by atoms with Crippen molar-refractivity contribution < 1.29 is 0 Å². The lowest BCUT2D eigenvalue weighted by atomic mass is 10.1. The molecule has 0 bridgehead atoms. The van der Waals surface area contributed by atoms with E-state index < -0.39 is 0 Å². The van der Waals surface area contributed by atoms with Gasteiger partial charge in [0, 0.05) is 24.2 Å². The van der Waals surface area contributed by atoms with Gasteiger partial charge in [0.25, 0.3) is 0 Å². The Labute approximate surface area is 109 Å². The number of aryl methyl sites for hydroxylation is 1. The first-order chi connectivity index (χ1) is 8.86. The summed E-state index contributed by atoms with van der Waals surface area (Å²) in [5.74, 6) is 3.07. The van der Waals surface area contributed by atoms with Crippen LogP contribution in [-0.2, 0) is 19.3 Å². The maximum absolute atomic E-state index is 4.85. The molecule has 0 unspecified atom stereocenters. The third-order valence-electron chi connectivity index (χ3n) is 3.99. The fourth-order valence-electron chi connectivity index (χ4n) is 2.81. The summed E-state index contributed by atoms with van der Waals surface area (Å²) in [6, 6.07) is 0. The fraction of sp³-hybridized carbons (Fsp3) is 0.733. The van der Waals surface area contributed by atoms with Crippen LogP contribution < -0.4 is 5.32 Å². The van der Waals surface area contributed by atoms with Gasteiger partial charge in [0.1, 0.15) is 11.6 Å². The maximum Gasteiger partial charge on any atom is 0.133 e. The highest BCUT2D eigenvalue weighted by Gasteiger charge is 2.24. The van der Waals surface area contributed by atoms with E-state index in [9.17, 15) is 0 Å². The van der Waals surface area contributed by atoms with Crippen LogP contribution in [0.15, 0.2) is 0 Å². The molecule has 2 aliphatic carbocycles. The van der Waals surface area contributed by atoms with Gasteiger partial charge in [0.2, 0.25) is 0 Å². The van der Waals surface area contributed by atoms with Crippen LogP contribution in [0.2, 0.25) is 0 Å². The quantitative estimate of drug-likeness (QED) is 0.828. The van der Waals surface area contributed by atoms with Gasteiger partial charge in [-0.25, -0.2) is 9.97 Å². The first-order valence-electron chi connectivity index (χ1n) is 7.49. The molecular formula is C15H23N3. The van der Waals surface area contributed by atoms with Crippen LogP contribution in [0.3, 0.4) is 0 Å². The van der Waals surface area contributed by atoms with E-state index in [1.807, 2.05) is 0 Å². The fourth-order valence-corrected chi connectivity index (χ4v) is 2.81. The molecule has 0 amide bonds. The predicted molar refractivity (Wildman–Crippen MR) is 73.9 cm³/mol. The Bertz CT molecular complexity index is 424. The van der Waals surface area contributed by atoms with Gasteiger partial charge in [-0.05, 0) is 51.4 Å². The Morgan fingerprint density at radius 1 is 1.11 bits per heavy atom. The Morgan fingerprint density at radius 2 is 1.94 bits per heavy atom. The molecule has 3 nitrogen and oxygen atoms in total. The summed E-state index contributed by atoms with van der Waals surface area (Å²) in [5.41, 5.74) is 2.72. The molecule has 1 heterocycles. The van der Waals surface area contributed by atoms with E-state index in [0.29, 0.717) is 0 Å². The average Bonchev–Trinajstić information content (AvgIpc) is 3.16. The molecule has 0 saturated heterocycles. The molecule has 3 rings (SSSR count). The molecule has 18 heavy (non-hydrogen) atoms. The second-order valence-electron chi connectivity index (χ2n) is 5.65. The van der Waals surface area contributed by atoms with Crippen molar-refractivity contribution in [3.8, 4) is 0 Å². The Kier molecular flexibility index (Phi) is 3.48. The van der Waals surface area contributed by atoms with Gasteiger partial charge in [0.15, 0.2) is 0 Å². The molecule has 98 valence electrons. The van der Waals surface area contributed by atoms with Crippen LogP contribution in [0.25, 0.3) is 0 Å². The highest BCUT2D eigenvalue weighted by atomic mass is 15.0. The summed E-state index contributed by atoms with van der Waals surface area (Å²) in [4.78, 5) is 9.62. The van der Waals surface area contributed by atoms with Crippen LogP contribution >= 0.6 is 0 Å². The SMILES string of the molecule is CCNc1nc(CC2CC2)nc2c1CCCCC2. The van der Waals surface area contributed by atoms with Crippen molar-refractivity contribution in [2.45, 2.75) is 58.3 Å². The summed E-state index contributed by atoms with van der Waals surface area (Å²) < 4.78 is 0. The number of anilines is 1. The summed E-state index contributed by atoms with van der Waals surface area (Å²) in [5, 5.41) is 3.45. The molecule has 0 radical (unpaired) electrons. The molecule has 2 aliphatic rings. The van der Waals surface area contributed by atoms with E-state index in [4.69, 9.17) is 9.97 Å². The van der Waals surface area contributed by atoms with E-state index >= 15 is 0 Å². The zero-order chi connectivity index (χ0) is 12.4. The molecule has 3 heteroatoms. The van der Waals surface area contributed by atoms with E-state index in [-0.39, 0.29) is 0 Å². The van der Waals surface area contributed by atoms with Gasteiger partial charge in [-0.15, -0.1) is 0 Å². The Balaban J connectivity index is 1.92. The van der Waals surface area contributed by atoms with Crippen molar-refractivity contribution in [2.24, 2.45) is 5.92 Å². The standard InChI is InChI=1S/C15H23N3/c1-2-16-15-12-6-4-3-5-7-13(12)17-14(18-15)10-11-8-9-11/h11H,2-10H2,1H3,(H,16,17,18). The lowest BCUT2D eigenvalue weighted by molar-refractivity contribution is 0.706. The van der Waals surface area contributed by atoms with Crippen LogP contribution in [0.5, 0.6) is 0 Å². The van der Waals surface area contributed by atoms with E-state index in [1.165, 1.54) is 43.4 Å². The maximum atomic E-state index is 4.85. The van der Waals surface area contributed by atoms with Gasteiger partial charge in [-0.3, -0.25) is 0 Å². The smallest absolute Gasteiger partial charge is 0.133 e. The molecule has 0 aromatic carbocycles. The van der Waals surface area contributed by atoms with Crippen molar-refractivity contribution in [2.75, 3.05) is 11.9 Å². The molecule has 0 spiro atoms. The van der Waals surface area contributed by atoms with Crippen LogP contribution in [0, 0.1) is 5.92 Å². The number of hydrogen-bond donors (Lipinski definition) is 1. The van der Waals surface area contributed by atoms with Crippen LogP contribution in [0.4, 0.5) is 5.82 Å². The first-order valence-corrected chi connectivity index (χ1v) is 7.49. The third-order valence-corrected chi connectivity index (χ3v) is 3.99. The zero-order valence-corrected chi connectivity index (χ0v) is 11.3. The van der Waals surface area contributed by atoms with Crippen LogP contribution in [-0.4, -0.2) is 16.5 Å². The third kappa shape index (κ3) is 2.65. The van der Waals surface area contributed by atoms with Crippen molar-refractivity contribution in [1.29, 1.82) is 0 Å². The highest BCUT2D eigenvalue weighted by Crippen LogP contribution is 2.33. The van der Waals surface area contributed by atoms with E-state index in [1.54, 1.807) is 0 Å². The molecular weight excluding hydrogens is 222 g/mol. The number of rotatable bonds is 4. The van der Waals surface area contributed by atoms with Gasteiger partial charge < -0.3 is 5.32 Å². The second kappa shape index (κ2) is 5.25. The number of nitrogens with one attached hydrogen (secondary N) is 1. The Morgan fingerprint density at radius 3 is 2.72 bits per heavy atom. The highest BCUT2D eigenvalue weighted by molar-refractivity contribution is 5.47. The Hall–Kier alpha value is -1.12. The minimum Gasteiger partial charge on any atom is -0.370 e. The molecule has 1 saturated carbocycles. The summed E-state index contributed by atoms with van der Waals surface area (Å²) in [7, 11) is 0. The first kappa shape index (κ1) is 11.9. The second-order valence-corrected chi connectivity index (χ2v) is 5.65. The molecule has 0 atom stereocenters. The number of hydrogen-bond acceptors (Lipinski definition) is 3. The topological polar surface area (TPSA) is 37.8 Å². The van der Waals surface area contributed by atoms with Crippen molar-refractivity contribution in [1.82, 2.24) is 9.97 Å². The molecule has 1 aromatic heterocycles. The largest absolute Gasteiger partial charge is 0.370 e. The van der Waals surface area contributed by atoms with Gasteiger partial charge >= 0.3 is 0 Å². The molecule has 1 N–H and O–H groups in total. The zero-order valence-electron chi connectivity index (χ0n) is 11.3. The summed E-state index contributed by atoms with van der Waals surface area (Å²) in [6.45, 7) is 3.10. The van der Waals surface area contributed by atoms with Crippen molar-refractivity contribution in [3.05, 3.63) is 17.1 Å². The summed E-state index contributed by atoms with van der Waals surface area (Å²) in [6.07, 6.45) is 10.0. The van der Waals surface area contributed by atoms with Gasteiger partial charge in [-0.1, -0.05) is 6.42 Å². The molecule has 1 aromatic rings. The molecule has 0 aliphatic heterocycles. The number of nitrogens with zero attached hydrogens (tertiary/aromatic N) is 2. The van der Waals surface area contributed by atoms with Gasteiger partial charge in [0.05, 0.1) is 0 Å². The van der Waals surface area contributed by atoms with Crippen LogP contribution in [0.1, 0.15) is 56.1 Å². The average molecular weight is 245 g/mol. The predicted octanol–water partition coefficient (Wildman–Crippen LogP) is 3.13. The van der Waals surface area contributed by atoms with E-state index in [0.717, 1.165) is 43.4 Å². The van der Waals surface area contributed by atoms with Gasteiger partial charge in [-0.2, -0.15) is 0 Å². The minimum absolute atomic E-state index is 0.864. The number of aromatic nitrogens is 2.